The Labute approximate surface area is 106 Å². The van der Waals surface area contributed by atoms with Crippen molar-refractivity contribution >= 4 is 17.7 Å². The fraction of sp³-hybridized carbons (Fsp3) is 0.462. The van der Waals surface area contributed by atoms with Crippen molar-refractivity contribution in [1.82, 2.24) is 0 Å². The molecule has 0 spiro atoms. The Morgan fingerprint density at radius 1 is 1.53 bits per heavy atom. The zero-order valence-electron chi connectivity index (χ0n) is 10.4. The minimum atomic E-state index is -0.952. The van der Waals surface area contributed by atoms with Crippen molar-refractivity contribution in [2.75, 3.05) is 0 Å². The molecule has 0 amide bonds. The monoisotopic (exact) mass is 253 g/mol. The van der Waals surface area contributed by atoms with Crippen LogP contribution >= 0.6 is 11.8 Å². The Hall–Kier alpha value is -1.00. The predicted molar refractivity (Wildman–Crippen MR) is 72.2 cm³/mol. The zero-order chi connectivity index (χ0) is 13.1. The number of carboxylic acid groups (broad SMARTS) is 1. The van der Waals surface area contributed by atoms with E-state index in [2.05, 4.69) is 6.07 Å². The van der Waals surface area contributed by atoms with Crippen LogP contribution in [-0.4, -0.2) is 21.9 Å². The standard InChI is InChI=1S/C13H19NO2S/c1-9-5-4-6-10(7-9)8-17-13(2,3)11(14)12(15)16/h4-7,11H,8,14H2,1-3H3,(H,15,16)/t11-/m1/s1. The van der Waals surface area contributed by atoms with Crippen molar-refractivity contribution in [2.45, 2.75) is 37.3 Å². The predicted octanol–water partition coefficient (Wildman–Crippen LogP) is 2.42. The Balaban J connectivity index is 2.64. The van der Waals surface area contributed by atoms with Crippen LogP contribution in [0.1, 0.15) is 25.0 Å². The zero-order valence-corrected chi connectivity index (χ0v) is 11.3. The number of carbonyl (C=O) groups is 1. The maximum Gasteiger partial charge on any atom is 0.321 e. The summed E-state index contributed by atoms with van der Waals surface area (Å²) >= 11 is 1.57. The van der Waals surface area contributed by atoms with E-state index in [1.54, 1.807) is 11.8 Å². The Kier molecular flexibility index (Phi) is 4.60. The van der Waals surface area contributed by atoms with Gasteiger partial charge in [-0.05, 0) is 26.3 Å². The molecule has 3 nitrogen and oxygen atoms in total. The number of aryl methyl sites for hydroxylation is 1. The summed E-state index contributed by atoms with van der Waals surface area (Å²) in [5, 5.41) is 8.92. The molecule has 0 saturated heterocycles. The molecule has 0 unspecified atom stereocenters. The molecule has 17 heavy (non-hydrogen) atoms. The van der Waals surface area contributed by atoms with Crippen molar-refractivity contribution in [3.63, 3.8) is 0 Å². The maximum absolute atomic E-state index is 10.9. The summed E-state index contributed by atoms with van der Waals surface area (Å²) in [4.78, 5) is 10.9. The van der Waals surface area contributed by atoms with Crippen molar-refractivity contribution in [3.8, 4) is 0 Å². The summed E-state index contributed by atoms with van der Waals surface area (Å²) in [7, 11) is 0. The van der Waals surface area contributed by atoms with Gasteiger partial charge in [0.25, 0.3) is 0 Å². The lowest BCUT2D eigenvalue weighted by Crippen LogP contribution is -2.46. The molecule has 0 saturated carbocycles. The van der Waals surface area contributed by atoms with Gasteiger partial charge in [-0.3, -0.25) is 4.79 Å². The molecule has 0 aliphatic rings. The van der Waals surface area contributed by atoms with Gasteiger partial charge in [0.2, 0.25) is 0 Å². The molecule has 1 atom stereocenters. The molecule has 0 radical (unpaired) electrons. The van der Waals surface area contributed by atoms with E-state index in [1.165, 1.54) is 11.1 Å². The Morgan fingerprint density at radius 3 is 2.71 bits per heavy atom. The van der Waals surface area contributed by atoms with E-state index in [1.807, 2.05) is 39.0 Å². The van der Waals surface area contributed by atoms with Gasteiger partial charge in [0, 0.05) is 10.5 Å². The van der Waals surface area contributed by atoms with E-state index in [9.17, 15) is 4.79 Å². The van der Waals surface area contributed by atoms with Crippen molar-refractivity contribution in [3.05, 3.63) is 35.4 Å². The summed E-state index contributed by atoms with van der Waals surface area (Å²) in [6.45, 7) is 5.78. The van der Waals surface area contributed by atoms with E-state index in [-0.39, 0.29) is 0 Å². The molecule has 0 aliphatic heterocycles. The van der Waals surface area contributed by atoms with Gasteiger partial charge in [-0.1, -0.05) is 29.8 Å². The lowest BCUT2D eigenvalue weighted by molar-refractivity contribution is -0.139. The number of hydrogen-bond acceptors (Lipinski definition) is 3. The SMILES string of the molecule is Cc1cccc(CSC(C)(C)[C@H](N)C(=O)O)c1. The third kappa shape index (κ3) is 4.06. The minimum absolute atomic E-state index is 0.477. The number of benzene rings is 1. The van der Waals surface area contributed by atoms with Gasteiger partial charge in [0.05, 0.1) is 0 Å². The van der Waals surface area contributed by atoms with Crippen molar-refractivity contribution < 1.29 is 9.90 Å². The van der Waals surface area contributed by atoms with Crippen LogP contribution in [-0.2, 0) is 10.5 Å². The largest absolute Gasteiger partial charge is 0.480 e. The van der Waals surface area contributed by atoms with Gasteiger partial charge in [-0.25, -0.2) is 0 Å². The van der Waals surface area contributed by atoms with Gasteiger partial charge in [0.1, 0.15) is 6.04 Å². The normalized spacial score (nSPS) is 13.4. The highest BCUT2D eigenvalue weighted by atomic mass is 32.2. The van der Waals surface area contributed by atoms with Crippen LogP contribution in [0.25, 0.3) is 0 Å². The molecular weight excluding hydrogens is 234 g/mol. The molecule has 1 rings (SSSR count). The van der Waals surface area contributed by atoms with Gasteiger partial charge in [-0.2, -0.15) is 0 Å². The number of carboxylic acids is 1. The second kappa shape index (κ2) is 5.56. The first-order chi connectivity index (χ1) is 7.83. The number of aliphatic carboxylic acids is 1. The molecule has 0 heterocycles. The fourth-order valence-corrected chi connectivity index (χ4v) is 2.46. The highest BCUT2D eigenvalue weighted by molar-refractivity contribution is 7.99. The van der Waals surface area contributed by atoms with E-state index in [4.69, 9.17) is 10.8 Å². The van der Waals surface area contributed by atoms with Crippen molar-refractivity contribution in [1.29, 1.82) is 0 Å². The number of thioether (sulfide) groups is 1. The molecule has 3 N–H and O–H groups in total. The summed E-state index contributed by atoms with van der Waals surface area (Å²) < 4.78 is -0.477. The maximum atomic E-state index is 10.9. The summed E-state index contributed by atoms with van der Waals surface area (Å²) in [5.41, 5.74) is 8.07. The quantitative estimate of drug-likeness (QED) is 0.846. The number of rotatable bonds is 5. The van der Waals surface area contributed by atoms with Crippen LogP contribution in [0.15, 0.2) is 24.3 Å². The van der Waals surface area contributed by atoms with Crippen LogP contribution < -0.4 is 5.73 Å². The van der Waals surface area contributed by atoms with Gasteiger partial charge in [-0.15, -0.1) is 11.8 Å². The highest BCUT2D eigenvalue weighted by Crippen LogP contribution is 2.30. The first kappa shape index (κ1) is 14.1. The molecule has 1 aromatic rings. The topological polar surface area (TPSA) is 63.3 Å². The molecule has 94 valence electrons. The second-order valence-electron chi connectivity index (χ2n) is 4.70. The minimum Gasteiger partial charge on any atom is -0.480 e. The smallest absolute Gasteiger partial charge is 0.321 e. The fourth-order valence-electron chi connectivity index (χ4n) is 1.46. The second-order valence-corrected chi connectivity index (χ2v) is 6.33. The van der Waals surface area contributed by atoms with Crippen LogP contribution in [0.3, 0.4) is 0 Å². The molecule has 0 bridgehead atoms. The first-order valence-corrected chi connectivity index (χ1v) is 6.49. The van der Waals surface area contributed by atoms with Crippen LogP contribution in [0.2, 0.25) is 0 Å². The molecule has 1 aromatic carbocycles. The molecule has 0 fully saturated rings. The average molecular weight is 253 g/mol. The van der Waals surface area contributed by atoms with Crippen molar-refractivity contribution in [2.24, 2.45) is 5.73 Å². The Bertz CT molecular complexity index is 404. The first-order valence-electron chi connectivity index (χ1n) is 5.51. The lowest BCUT2D eigenvalue weighted by atomic mass is 10.1. The van der Waals surface area contributed by atoms with Gasteiger partial charge in [0.15, 0.2) is 0 Å². The molecule has 0 aromatic heterocycles. The lowest BCUT2D eigenvalue weighted by Gasteiger charge is -2.28. The number of nitrogens with two attached hydrogens (primary N) is 1. The van der Waals surface area contributed by atoms with Crippen LogP contribution in [0, 0.1) is 6.92 Å². The van der Waals surface area contributed by atoms with Gasteiger partial charge < -0.3 is 10.8 Å². The Morgan fingerprint density at radius 2 is 2.18 bits per heavy atom. The van der Waals surface area contributed by atoms with Crippen LogP contribution in [0.4, 0.5) is 0 Å². The van der Waals surface area contributed by atoms with Gasteiger partial charge >= 0.3 is 5.97 Å². The molecule has 4 heteroatoms. The third-order valence-corrected chi connectivity index (χ3v) is 4.18. The summed E-state index contributed by atoms with van der Waals surface area (Å²) in [5.74, 6) is -0.179. The molecule has 0 aliphatic carbocycles. The highest BCUT2D eigenvalue weighted by Gasteiger charge is 2.32. The van der Waals surface area contributed by atoms with E-state index in [0.29, 0.717) is 0 Å². The van der Waals surface area contributed by atoms with Crippen LogP contribution in [0.5, 0.6) is 0 Å². The average Bonchev–Trinajstić information content (AvgIpc) is 2.25. The van der Waals surface area contributed by atoms with E-state index in [0.717, 1.165) is 5.75 Å². The molecular formula is C13H19NO2S. The summed E-state index contributed by atoms with van der Waals surface area (Å²) in [6, 6.07) is 7.35. The number of hydrogen-bond donors (Lipinski definition) is 2. The van der Waals surface area contributed by atoms with E-state index < -0.39 is 16.8 Å². The summed E-state index contributed by atoms with van der Waals surface area (Å²) in [6.07, 6.45) is 0. The third-order valence-electron chi connectivity index (χ3n) is 2.71. The van der Waals surface area contributed by atoms with E-state index >= 15 is 0 Å².